The molecule has 6 heteroatoms. The predicted octanol–water partition coefficient (Wildman–Crippen LogP) is 5.04. The quantitative estimate of drug-likeness (QED) is 0.558. The summed E-state index contributed by atoms with van der Waals surface area (Å²) in [6.07, 6.45) is 0. The summed E-state index contributed by atoms with van der Waals surface area (Å²) >= 11 is 1.35. The highest BCUT2D eigenvalue weighted by Gasteiger charge is 2.22. The first-order valence-electron chi connectivity index (χ1n) is 9.59. The van der Waals surface area contributed by atoms with Gasteiger partial charge in [0.05, 0.1) is 10.2 Å². The number of thiazole rings is 1. The molecule has 1 aromatic heterocycles. The minimum absolute atomic E-state index is 0.0708. The Bertz CT molecular complexity index is 961. The summed E-state index contributed by atoms with van der Waals surface area (Å²) in [6, 6.07) is 10.4. The van der Waals surface area contributed by atoms with Gasteiger partial charge in [-0.05, 0) is 57.3 Å². The van der Waals surface area contributed by atoms with Gasteiger partial charge in [-0.15, -0.1) is 0 Å². The largest absolute Gasteiger partial charge is 0.302 e. The van der Waals surface area contributed by atoms with Gasteiger partial charge in [0.15, 0.2) is 5.13 Å². The molecule has 0 unspecified atom stereocenters. The molecule has 0 saturated heterocycles. The summed E-state index contributed by atoms with van der Waals surface area (Å²) in [7, 11) is 0. The van der Waals surface area contributed by atoms with E-state index in [0.717, 1.165) is 35.5 Å². The summed E-state index contributed by atoms with van der Waals surface area (Å²) in [4.78, 5) is 22.0. The molecular weight excluding hydrogens is 373 g/mol. The molecule has 0 aliphatic rings. The number of aryl methyl sites for hydroxylation is 2. The number of carbonyl (C=O) groups excluding carboxylic acids is 1. The van der Waals surface area contributed by atoms with Crippen molar-refractivity contribution in [3.05, 3.63) is 58.9 Å². The number of rotatable bonds is 7. The molecule has 2 aromatic carbocycles. The van der Waals surface area contributed by atoms with Crippen molar-refractivity contribution >= 4 is 32.6 Å². The van der Waals surface area contributed by atoms with E-state index in [2.05, 4.69) is 29.8 Å². The van der Waals surface area contributed by atoms with Crippen molar-refractivity contribution in [3.63, 3.8) is 0 Å². The molecule has 0 saturated carbocycles. The normalized spacial score (nSPS) is 11.4. The Hall–Kier alpha value is -2.31. The van der Waals surface area contributed by atoms with Gasteiger partial charge >= 0.3 is 0 Å². The summed E-state index contributed by atoms with van der Waals surface area (Å²) in [5.74, 6) is -0.364. The Labute approximate surface area is 169 Å². The first kappa shape index (κ1) is 20.4. The van der Waals surface area contributed by atoms with Crippen LogP contribution in [0.15, 0.2) is 36.4 Å². The van der Waals surface area contributed by atoms with E-state index in [-0.39, 0.29) is 11.7 Å². The molecule has 0 atom stereocenters. The molecule has 28 heavy (non-hydrogen) atoms. The van der Waals surface area contributed by atoms with Crippen molar-refractivity contribution in [3.8, 4) is 0 Å². The number of carbonyl (C=O) groups is 1. The van der Waals surface area contributed by atoms with Crippen LogP contribution in [0.1, 0.15) is 35.3 Å². The fraction of sp³-hybridized carbons (Fsp3) is 0.364. The number of aromatic nitrogens is 1. The molecule has 4 nitrogen and oxygen atoms in total. The van der Waals surface area contributed by atoms with Gasteiger partial charge in [0.2, 0.25) is 0 Å². The average molecular weight is 400 g/mol. The molecule has 0 bridgehead atoms. The molecule has 3 rings (SSSR count). The fourth-order valence-electron chi connectivity index (χ4n) is 3.32. The van der Waals surface area contributed by atoms with E-state index in [1.54, 1.807) is 11.0 Å². The lowest BCUT2D eigenvalue weighted by Gasteiger charge is -2.25. The lowest BCUT2D eigenvalue weighted by Crippen LogP contribution is -2.39. The molecule has 1 heterocycles. The third-order valence-electron chi connectivity index (χ3n) is 4.82. The molecule has 0 fully saturated rings. The van der Waals surface area contributed by atoms with Crippen LogP contribution in [0.4, 0.5) is 9.52 Å². The van der Waals surface area contributed by atoms with Crippen LogP contribution >= 0.6 is 11.3 Å². The average Bonchev–Trinajstić information content (AvgIpc) is 3.06. The Morgan fingerprint density at radius 1 is 1.04 bits per heavy atom. The minimum atomic E-state index is -0.293. The minimum Gasteiger partial charge on any atom is -0.302 e. The van der Waals surface area contributed by atoms with E-state index >= 15 is 0 Å². The van der Waals surface area contributed by atoms with E-state index < -0.39 is 0 Å². The number of nitrogens with zero attached hydrogens (tertiary/aromatic N) is 3. The third-order valence-corrected chi connectivity index (χ3v) is 5.86. The highest BCUT2D eigenvalue weighted by atomic mass is 32.1. The molecular formula is C22H26FN3OS. The van der Waals surface area contributed by atoms with Gasteiger partial charge < -0.3 is 4.90 Å². The zero-order valence-corrected chi connectivity index (χ0v) is 17.6. The zero-order valence-electron chi connectivity index (χ0n) is 16.8. The molecule has 1 amide bonds. The molecule has 0 N–H and O–H groups in total. The summed E-state index contributed by atoms with van der Waals surface area (Å²) in [6.45, 7) is 11.3. The smallest absolute Gasteiger partial charge is 0.260 e. The number of benzene rings is 2. The van der Waals surface area contributed by atoms with Gasteiger partial charge in [0.1, 0.15) is 5.82 Å². The summed E-state index contributed by atoms with van der Waals surface area (Å²) in [5.41, 5.74) is 3.47. The number of hydrogen-bond donors (Lipinski definition) is 0. The topological polar surface area (TPSA) is 36.4 Å². The van der Waals surface area contributed by atoms with Crippen molar-refractivity contribution in [2.75, 3.05) is 31.1 Å². The SMILES string of the molecule is CCN(CC)CCN(C(=O)c1cc(C)cc(C)c1)c1nc2ccc(F)cc2s1. The standard InChI is InChI=1S/C22H26FN3OS/c1-5-25(6-2)9-10-26(21(27)17-12-15(3)11-16(4)13-17)22-24-19-8-7-18(23)14-20(19)28-22/h7-8,11-14H,5-6,9-10H2,1-4H3. The summed E-state index contributed by atoms with van der Waals surface area (Å²) in [5, 5.41) is 0.608. The summed E-state index contributed by atoms with van der Waals surface area (Å²) < 4.78 is 14.3. The zero-order chi connectivity index (χ0) is 20.3. The van der Waals surface area contributed by atoms with Crippen molar-refractivity contribution in [1.29, 1.82) is 0 Å². The van der Waals surface area contributed by atoms with Gasteiger partial charge in [-0.2, -0.15) is 0 Å². The van der Waals surface area contributed by atoms with E-state index in [1.165, 1.54) is 23.5 Å². The predicted molar refractivity (Wildman–Crippen MR) is 115 cm³/mol. The Balaban J connectivity index is 1.98. The molecule has 0 aliphatic carbocycles. The second kappa shape index (κ2) is 8.80. The first-order chi connectivity index (χ1) is 13.4. The van der Waals surface area contributed by atoms with Crippen LogP contribution in [-0.4, -0.2) is 42.0 Å². The Morgan fingerprint density at radius 2 is 1.71 bits per heavy atom. The van der Waals surface area contributed by atoms with Gasteiger partial charge in [-0.3, -0.25) is 9.69 Å². The van der Waals surface area contributed by atoms with Crippen LogP contribution in [0.2, 0.25) is 0 Å². The molecule has 0 spiro atoms. The van der Waals surface area contributed by atoms with Gasteiger partial charge in [-0.25, -0.2) is 9.37 Å². The van der Waals surface area contributed by atoms with Crippen molar-refractivity contribution in [2.45, 2.75) is 27.7 Å². The number of amides is 1. The molecule has 148 valence electrons. The molecule has 0 radical (unpaired) electrons. The second-order valence-corrected chi connectivity index (χ2v) is 7.98. The maximum Gasteiger partial charge on any atom is 0.260 e. The van der Waals surface area contributed by atoms with Crippen LogP contribution in [0.3, 0.4) is 0 Å². The Kier molecular flexibility index (Phi) is 6.42. The number of anilines is 1. The van der Waals surface area contributed by atoms with Crippen molar-refractivity contribution < 1.29 is 9.18 Å². The van der Waals surface area contributed by atoms with Crippen LogP contribution in [0.5, 0.6) is 0 Å². The van der Waals surface area contributed by atoms with Crippen LogP contribution in [0.25, 0.3) is 10.2 Å². The monoisotopic (exact) mass is 399 g/mol. The van der Waals surface area contributed by atoms with E-state index in [9.17, 15) is 9.18 Å². The molecule has 0 aliphatic heterocycles. The lowest BCUT2D eigenvalue weighted by molar-refractivity contribution is 0.0983. The van der Waals surface area contributed by atoms with E-state index in [0.29, 0.717) is 22.8 Å². The highest BCUT2D eigenvalue weighted by molar-refractivity contribution is 7.22. The third kappa shape index (κ3) is 4.56. The van der Waals surface area contributed by atoms with E-state index in [1.807, 2.05) is 26.0 Å². The number of fused-ring (bicyclic) bond motifs is 1. The van der Waals surface area contributed by atoms with Crippen LogP contribution < -0.4 is 4.90 Å². The lowest BCUT2D eigenvalue weighted by atomic mass is 10.1. The van der Waals surface area contributed by atoms with Gasteiger partial charge in [-0.1, -0.05) is 42.4 Å². The second-order valence-electron chi connectivity index (χ2n) is 6.97. The Morgan fingerprint density at radius 3 is 2.36 bits per heavy atom. The maximum atomic E-state index is 13.6. The van der Waals surface area contributed by atoms with Gasteiger partial charge in [0.25, 0.3) is 5.91 Å². The van der Waals surface area contributed by atoms with Crippen LogP contribution in [0, 0.1) is 19.7 Å². The maximum absolute atomic E-state index is 13.6. The van der Waals surface area contributed by atoms with Crippen molar-refractivity contribution in [1.82, 2.24) is 9.88 Å². The number of halogens is 1. The molecule has 3 aromatic rings. The van der Waals surface area contributed by atoms with E-state index in [4.69, 9.17) is 0 Å². The number of hydrogen-bond acceptors (Lipinski definition) is 4. The highest BCUT2D eigenvalue weighted by Crippen LogP contribution is 2.30. The fourth-order valence-corrected chi connectivity index (χ4v) is 4.34. The number of likely N-dealkylation sites (N-methyl/N-ethyl adjacent to an activating group) is 1. The van der Waals surface area contributed by atoms with Crippen molar-refractivity contribution in [2.24, 2.45) is 0 Å². The van der Waals surface area contributed by atoms with Crippen LogP contribution in [-0.2, 0) is 0 Å². The van der Waals surface area contributed by atoms with Gasteiger partial charge in [0, 0.05) is 18.7 Å². The first-order valence-corrected chi connectivity index (χ1v) is 10.4.